The zero-order chi connectivity index (χ0) is 21.0. The number of amides is 3. The molecule has 3 amide bonds. The van der Waals surface area contributed by atoms with E-state index in [0.717, 1.165) is 5.56 Å². The van der Waals surface area contributed by atoms with Crippen LogP contribution in [-0.2, 0) is 16.1 Å². The van der Waals surface area contributed by atoms with Crippen LogP contribution in [0.3, 0.4) is 0 Å². The molecule has 0 aromatic heterocycles. The fourth-order valence-corrected chi connectivity index (χ4v) is 3.87. The molecule has 3 aliphatic heterocycles. The van der Waals surface area contributed by atoms with E-state index in [1.165, 1.54) is 21.9 Å². The van der Waals surface area contributed by atoms with Crippen LogP contribution >= 0.6 is 11.6 Å². The van der Waals surface area contributed by atoms with Crippen molar-refractivity contribution in [1.29, 1.82) is 0 Å². The molecule has 3 aliphatic rings. The number of hydrogen-bond acceptors (Lipinski definition) is 5. The van der Waals surface area contributed by atoms with Crippen molar-refractivity contribution in [2.45, 2.75) is 18.8 Å². The van der Waals surface area contributed by atoms with Crippen LogP contribution in [0.1, 0.15) is 11.1 Å². The second-order valence-corrected chi connectivity index (χ2v) is 7.66. The van der Waals surface area contributed by atoms with Gasteiger partial charge in [0.2, 0.25) is 0 Å². The molecule has 2 aromatic carbocycles. The number of ether oxygens (including phenoxy) is 1. The zero-order valence-electron chi connectivity index (χ0n) is 15.8. The summed E-state index contributed by atoms with van der Waals surface area (Å²) in [5.74, 6) is -0.253. The fraction of sp³-hybridized carbons (Fsp3) is 0.190. The van der Waals surface area contributed by atoms with Crippen LogP contribution in [0.4, 0.5) is 9.18 Å². The number of amidine groups is 1. The van der Waals surface area contributed by atoms with Gasteiger partial charge in [-0.3, -0.25) is 14.6 Å². The van der Waals surface area contributed by atoms with Crippen LogP contribution in [-0.4, -0.2) is 51.9 Å². The lowest BCUT2D eigenvalue weighted by atomic mass is 10.1. The summed E-state index contributed by atoms with van der Waals surface area (Å²) in [5, 5.41) is 0.578. The number of nitrogens with zero attached hydrogens (tertiary/aromatic N) is 4. The molecule has 1 fully saturated rings. The lowest BCUT2D eigenvalue weighted by Gasteiger charge is -2.39. The highest BCUT2D eigenvalue weighted by Gasteiger charge is 2.54. The van der Waals surface area contributed by atoms with Gasteiger partial charge in [-0.05, 0) is 42.0 Å². The van der Waals surface area contributed by atoms with E-state index < -0.39 is 18.2 Å². The number of aliphatic imine (C=N–C) groups is 1. The molecule has 5 rings (SSSR count). The summed E-state index contributed by atoms with van der Waals surface area (Å²) in [6.07, 6.45) is 0.992. The summed E-state index contributed by atoms with van der Waals surface area (Å²) in [6.45, 7) is 0.126. The molecule has 0 radical (unpaired) electrons. The molecule has 2 unspecified atom stereocenters. The largest absolute Gasteiger partial charge is 0.423 e. The van der Waals surface area contributed by atoms with Gasteiger partial charge in [-0.1, -0.05) is 23.7 Å². The molecular formula is C21H16ClFN4O3. The third-order valence-corrected chi connectivity index (χ3v) is 5.59. The second-order valence-electron chi connectivity index (χ2n) is 7.22. The average molecular weight is 427 g/mol. The first-order chi connectivity index (χ1) is 14.4. The lowest BCUT2D eigenvalue weighted by Crippen LogP contribution is -2.63. The molecule has 0 N–H and O–H groups in total. The first-order valence-electron chi connectivity index (χ1n) is 9.27. The van der Waals surface area contributed by atoms with Gasteiger partial charge in [0.05, 0.1) is 12.7 Å². The summed E-state index contributed by atoms with van der Waals surface area (Å²) >= 11 is 5.92. The fourth-order valence-electron chi connectivity index (χ4n) is 3.75. The van der Waals surface area contributed by atoms with E-state index in [1.807, 2.05) is 0 Å². The number of urea groups is 1. The van der Waals surface area contributed by atoms with Gasteiger partial charge in [0.15, 0.2) is 18.0 Å². The van der Waals surface area contributed by atoms with Crippen molar-refractivity contribution in [3.05, 3.63) is 76.7 Å². The Morgan fingerprint density at radius 3 is 2.50 bits per heavy atom. The molecule has 3 heterocycles. The Morgan fingerprint density at radius 2 is 1.80 bits per heavy atom. The Hall–Kier alpha value is -3.39. The van der Waals surface area contributed by atoms with Gasteiger partial charge >= 0.3 is 6.03 Å². The van der Waals surface area contributed by atoms with E-state index in [9.17, 15) is 14.0 Å². The Bertz CT molecular complexity index is 1100. The van der Waals surface area contributed by atoms with E-state index in [2.05, 4.69) is 4.99 Å². The number of benzene rings is 2. The van der Waals surface area contributed by atoms with Crippen LogP contribution < -0.4 is 0 Å². The van der Waals surface area contributed by atoms with Gasteiger partial charge in [0, 0.05) is 17.6 Å². The van der Waals surface area contributed by atoms with E-state index in [-0.39, 0.29) is 24.3 Å². The molecule has 30 heavy (non-hydrogen) atoms. The Balaban J connectivity index is 1.43. The molecule has 2 aromatic rings. The molecule has 0 bridgehead atoms. The third-order valence-electron chi connectivity index (χ3n) is 5.33. The molecule has 9 heteroatoms. The van der Waals surface area contributed by atoms with Crippen LogP contribution in [0.25, 0.3) is 5.76 Å². The summed E-state index contributed by atoms with van der Waals surface area (Å²) in [4.78, 5) is 34.8. The van der Waals surface area contributed by atoms with Gasteiger partial charge in [0.1, 0.15) is 5.82 Å². The standard InChI is InChI=1S/C21H16ClFN4O3/c1-25-18-17(19(28)27(21(25)29)10-12-2-6-14(22)7-3-12)26-11-16(30-20(26)24-18)13-4-8-15(23)9-5-13/h2-9,11,17-18H,10H2,1H3. The quantitative estimate of drug-likeness (QED) is 0.755. The monoisotopic (exact) mass is 426 g/mol. The third kappa shape index (κ3) is 2.91. The predicted molar refractivity (Wildman–Crippen MR) is 107 cm³/mol. The molecule has 1 saturated heterocycles. The molecule has 0 saturated carbocycles. The zero-order valence-corrected chi connectivity index (χ0v) is 16.6. The SMILES string of the molecule is CN1C(=O)N(Cc2ccc(Cl)cc2)C(=O)C2C1N=C1OC(c3ccc(F)cc3)=CN12. The van der Waals surface area contributed by atoms with Crippen molar-refractivity contribution >= 4 is 35.3 Å². The normalized spacial score (nSPS) is 22.6. The Labute approximate surface area is 176 Å². The minimum absolute atomic E-state index is 0.126. The van der Waals surface area contributed by atoms with Crippen molar-refractivity contribution < 1.29 is 18.7 Å². The maximum atomic E-state index is 13.3. The van der Waals surface area contributed by atoms with Crippen LogP contribution in [0, 0.1) is 5.82 Å². The number of halogens is 2. The number of hydrogen-bond donors (Lipinski definition) is 0. The first kappa shape index (κ1) is 18.6. The van der Waals surface area contributed by atoms with Crippen LogP contribution in [0.5, 0.6) is 0 Å². The molecule has 7 nitrogen and oxygen atoms in total. The molecule has 0 aliphatic carbocycles. The highest BCUT2D eigenvalue weighted by atomic mass is 35.5. The Morgan fingerprint density at radius 1 is 1.10 bits per heavy atom. The topological polar surface area (TPSA) is 65.5 Å². The van der Waals surface area contributed by atoms with Crippen LogP contribution in [0.2, 0.25) is 5.02 Å². The predicted octanol–water partition coefficient (Wildman–Crippen LogP) is 3.27. The first-order valence-corrected chi connectivity index (χ1v) is 9.64. The molecule has 152 valence electrons. The average Bonchev–Trinajstić information content (AvgIpc) is 3.30. The summed E-state index contributed by atoms with van der Waals surface area (Å²) < 4.78 is 19.0. The van der Waals surface area contributed by atoms with Crippen molar-refractivity contribution in [3.63, 3.8) is 0 Å². The van der Waals surface area contributed by atoms with E-state index >= 15 is 0 Å². The van der Waals surface area contributed by atoms with E-state index in [0.29, 0.717) is 16.3 Å². The molecule has 0 spiro atoms. The van der Waals surface area contributed by atoms with Crippen molar-refractivity contribution in [2.75, 3.05) is 7.05 Å². The van der Waals surface area contributed by atoms with Crippen molar-refractivity contribution in [2.24, 2.45) is 4.99 Å². The Kier molecular flexibility index (Phi) is 4.25. The van der Waals surface area contributed by atoms with Crippen molar-refractivity contribution in [1.82, 2.24) is 14.7 Å². The summed E-state index contributed by atoms with van der Waals surface area (Å²) in [5.41, 5.74) is 1.45. The van der Waals surface area contributed by atoms with Crippen molar-refractivity contribution in [3.8, 4) is 0 Å². The van der Waals surface area contributed by atoms with E-state index in [4.69, 9.17) is 16.3 Å². The number of rotatable bonds is 3. The number of likely N-dealkylation sites (N-methyl/N-ethyl adjacent to an activating group) is 1. The second kappa shape index (κ2) is 6.84. The van der Waals surface area contributed by atoms with Gasteiger partial charge in [-0.25, -0.2) is 14.2 Å². The maximum Gasteiger partial charge on any atom is 0.328 e. The highest BCUT2D eigenvalue weighted by molar-refractivity contribution is 6.30. The number of carbonyl (C=O) groups excluding carboxylic acids is 2. The van der Waals surface area contributed by atoms with Crippen LogP contribution in [0.15, 0.2) is 59.7 Å². The highest BCUT2D eigenvalue weighted by Crippen LogP contribution is 2.35. The molecular weight excluding hydrogens is 411 g/mol. The minimum Gasteiger partial charge on any atom is -0.423 e. The molecule has 2 atom stereocenters. The lowest BCUT2D eigenvalue weighted by molar-refractivity contribution is -0.137. The van der Waals surface area contributed by atoms with Gasteiger partial charge in [-0.15, -0.1) is 0 Å². The smallest absolute Gasteiger partial charge is 0.328 e. The van der Waals surface area contributed by atoms with Gasteiger partial charge in [0.25, 0.3) is 11.9 Å². The van der Waals surface area contributed by atoms with Gasteiger partial charge in [-0.2, -0.15) is 0 Å². The van der Waals surface area contributed by atoms with E-state index in [1.54, 1.807) is 54.5 Å². The summed E-state index contributed by atoms with van der Waals surface area (Å²) in [7, 11) is 1.61. The minimum atomic E-state index is -0.729. The summed E-state index contributed by atoms with van der Waals surface area (Å²) in [6, 6.07) is 11.9. The number of carbonyl (C=O) groups is 2. The maximum absolute atomic E-state index is 13.3. The number of fused-ring (bicyclic) bond motifs is 3. The number of imide groups is 1. The van der Waals surface area contributed by atoms with Gasteiger partial charge < -0.3 is 9.64 Å².